The highest BCUT2D eigenvalue weighted by atomic mass is 16.5. The van der Waals surface area contributed by atoms with Crippen LogP contribution in [0.5, 0.6) is 5.75 Å². The van der Waals surface area contributed by atoms with Gasteiger partial charge in [-0.2, -0.15) is 0 Å². The summed E-state index contributed by atoms with van der Waals surface area (Å²) in [6, 6.07) is 24.0. The molecule has 128 valence electrons. The molecule has 0 heterocycles. The average Bonchev–Trinajstić information content (AvgIpc) is 2.67. The van der Waals surface area contributed by atoms with Gasteiger partial charge in [0.05, 0.1) is 0 Å². The Morgan fingerprint density at radius 2 is 1.68 bits per heavy atom. The van der Waals surface area contributed by atoms with Crippen molar-refractivity contribution in [2.24, 2.45) is 0 Å². The predicted molar refractivity (Wildman–Crippen MR) is 102 cm³/mol. The molecule has 4 heteroatoms. The van der Waals surface area contributed by atoms with E-state index < -0.39 is 0 Å². The summed E-state index contributed by atoms with van der Waals surface area (Å²) >= 11 is 0. The number of rotatable bonds is 7. The molecule has 1 amide bonds. The Hall–Kier alpha value is -3.01. The highest BCUT2D eigenvalue weighted by Gasteiger charge is 2.05. The standard InChI is InChI=1S/C21H22N2O2/c1-23(19-9-3-2-4-10-19)14-13-22-21(24)16-25-20-12-11-17-7-5-6-8-18(17)15-20/h2-12,15H,13-14,16H2,1H3,(H,22,24). The summed E-state index contributed by atoms with van der Waals surface area (Å²) < 4.78 is 5.59. The Morgan fingerprint density at radius 3 is 2.48 bits per heavy atom. The van der Waals surface area contributed by atoms with Crippen molar-refractivity contribution in [3.05, 3.63) is 72.8 Å². The van der Waals surface area contributed by atoms with Crippen LogP contribution >= 0.6 is 0 Å². The first-order valence-electron chi connectivity index (χ1n) is 8.37. The minimum Gasteiger partial charge on any atom is -0.484 e. The van der Waals surface area contributed by atoms with Crippen LogP contribution < -0.4 is 15.0 Å². The van der Waals surface area contributed by atoms with E-state index >= 15 is 0 Å². The number of benzene rings is 3. The van der Waals surface area contributed by atoms with Gasteiger partial charge in [-0.1, -0.05) is 48.5 Å². The Morgan fingerprint density at radius 1 is 0.960 bits per heavy atom. The van der Waals surface area contributed by atoms with Gasteiger partial charge in [-0.15, -0.1) is 0 Å². The molecule has 0 aliphatic heterocycles. The van der Waals surface area contributed by atoms with Crippen LogP contribution in [0, 0.1) is 0 Å². The zero-order chi connectivity index (χ0) is 17.5. The van der Waals surface area contributed by atoms with Crippen molar-refractivity contribution in [3.63, 3.8) is 0 Å². The molecule has 0 unspecified atom stereocenters. The third-order valence-electron chi connectivity index (χ3n) is 4.06. The maximum absolute atomic E-state index is 11.9. The molecule has 3 rings (SSSR count). The molecule has 0 aromatic heterocycles. The molecular weight excluding hydrogens is 312 g/mol. The van der Waals surface area contributed by atoms with Crippen LogP contribution in [0.15, 0.2) is 72.8 Å². The summed E-state index contributed by atoms with van der Waals surface area (Å²) in [7, 11) is 2.01. The topological polar surface area (TPSA) is 41.6 Å². The number of likely N-dealkylation sites (N-methyl/N-ethyl adjacent to an activating group) is 1. The number of anilines is 1. The van der Waals surface area contributed by atoms with E-state index in [1.165, 1.54) is 0 Å². The zero-order valence-electron chi connectivity index (χ0n) is 14.3. The minimum absolute atomic E-state index is 0.0212. The molecule has 0 radical (unpaired) electrons. The molecule has 0 spiro atoms. The van der Waals surface area contributed by atoms with Gasteiger partial charge in [0.2, 0.25) is 0 Å². The van der Waals surface area contributed by atoms with Crippen LogP contribution in [0.3, 0.4) is 0 Å². The minimum atomic E-state index is -0.116. The van der Waals surface area contributed by atoms with E-state index in [9.17, 15) is 4.79 Å². The van der Waals surface area contributed by atoms with E-state index in [1.807, 2.05) is 73.8 Å². The second-order valence-electron chi connectivity index (χ2n) is 5.90. The van der Waals surface area contributed by atoms with Crippen LogP contribution in [-0.4, -0.2) is 32.7 Å². The van der Waals surface area contributed by atoms with E-state index in [0.29, 0.717) is 12.3 Å². The summed E-state index contributed by atoms with van der Waals surface area (Å²) in [6.07, 6.45) is 0. The molecule has 0 aliphatic carbocycles. The number of ether oxygens (including phenoxy) is 1. The number of nitrogens with zero attached hydrogens (tertiary/aromatic N) is 1. The van der Waals surface area contributed by atoms with Gasteiger partial charge in [-0.25, -0.2) is 0 Å². The second kappa shape index (κ2) is 8.20. The molecule has 0 atom stereocenters. The van der Waals surface area contributed by atoms with Gasteiger partial charge in [0.25, 0.3) is 5.91 Å². The van der Waals surface area contributed by atoms with Crippen LogP contribution in [0.1, 0.15) is 0 Å². The van der Waals surface area contributed by atoms with Crippen LogP contribution in [0.2, 0.25) is 0 Å². The third kappa shape index (κ3) is 4.73. The van der Waals surface area contributed by atoms with Gasteiger partial charge < -0.3 is 15.0 Å². The number of para-hydroxylation sites is 1. The van der Waals surface area contributed by atoms with E-state index in [-0.39, 0.29) is 12.5 Å². The van der Waals surface area contributed by atoms with Crippen molar-refractivity contribution >= 4 is 22.4 Å². The lowest BCUT2D eigenvalue weighted by molar-refractivity contribution is -0.123. The quantitative estimate of drug-likeness (QED) is 0.719. The van der Waals surface area contributed by atoms with E-state index in [4.69, 9.17) is 4.74 Å². The van der Waals surface area contributed by atoms with Gasteiger partial charge >= 0.3 is 0 Å². The van der Waals surface area contributed by atoms with Crippen molar-refractivity contribution < 1.29 is 9.53 Å². The highest BCUT2D eigenvalue weighted by molar-refractivity contribution is 5.84. The van der Waals surface area contributed by atoms with E-state index in [2.05, 4.69) is 16.3 Å². The fraction of sp³-hybridized carbons (Fsp3) is 0.190. The monoisotopic (exact) mass is 334 g/mol. The van der Waals surface area contributed by atoms with Crippen molar-refractivity contribution in [3.8, 4) is 5.75 Å². The SMILES string of the molecule is CN(CCNC(=O)COc1ccc2ccccc2c1)c1ccccc1. The first-order valence-corrected chi connectivity index (χ1v) is 8.37. The molecule has 25 heavy (non-hydrogen) atoms. The van der Waals surface area contributed by atoms with Crippen molar-refractivity contribution in [1.82, 2.24) is 5.32 Å². The van der Waals surface area contributed by atoms with Crippen LogP contribution in [-0.2, 0) is 4.79 Å². The average molecular weight is 334 g/mol. The summed E-state index contributed by atoms with van der Waals surface area (Å²) in [6.45, 7) is 1.34. The fourth-order valence-corrected chi connectivity index (χ4v) is 2.63. The molecule has 0 saturated heterocycles. The summed E-state index contributed by atoms with van der Waals surface area (Å²) in [5.74, 6) is 0.588. The number of carbonyl (C=O) groups is 1. The first-order chi connectivity index (χ1) is 12.2. The maximum Gasteiger partial charge on any atom is 0.258 e. The molecule has 0 saturated carbocycles. The highest BCUT2D eigenvalue weighted by Crippen LogP contribution is 2.20. The van der Waals surface area contributed by atoms with Crippen molar-refractivity contribution in [2.75, 3.05) is 31.6 Å². The number of nitrogens with one attached hydrogen (secondary N) is 1. The van der Waals surface area contributed by atoms with Gasteiger partial charge in [-0.3, -0.25) is 4.79 Å². The number of carbonyl (C=O) groups excluding carboxylic acids is 1. The van der Waals surface area contributed by atoms with Gasteiger partial charge in [0, 0.05) is 25.8 Å². The Bertz CT molecular complexity index is 833. The Kier molecular flexibility index (Phi) is 5.52. The van der Waals surface area contributed by atoms with Crippen LogP contribution in [0.4, 0.5) is 5.69 Å². The van der Waals surface area contributed by atoms with Gasteiger partial charge in [-0.05, 0) is 35.0 Å². The molecular formula is C21H22N2O2. The normalized spacial score (nSPS) is 10.4. The van der Waals surface area contributed by atoms with Gasteiger partial charge in [0.15, 0.2) is 6.61 Å². The van der Waals surface area contributed by atoms with Crippen molar-refractivity contribution in [1.29, 1.82) is 0 Å². The van der Waals surface area contributed by atoms with Crippen molar-refractivity contribution in [2.45, 2.75) is 0 Å². The Labute approximate surface area is 148 Å². The number of amides is 1. The fourth-order valence-electron chi connectivity index (χ4n) is 2.63. The molecule has 3 aromatic carbocycles. The number of hydrogen-bond acceptors (Lipinski definition) is 3. The second-order valence-corrected chi connectivity index (χ2v) is 5.90. The largest absolute Gasteiger partial charge is 0.484 e. The molecule has 0 aliphatic rings. The summed E-state index contributed by atoms with van der Waals surface area (Å²) in [5.41, 5.74) is 1.13. The summed E-state index contributed by atoms with van der Waals surface area (Å²) in [5, 5.41) is 5.14. The number of fused-ring (bicyclic) bond motifs is 1. The molecule has 0 bridgehead atoms. The predicted octanol–water partition coefficient (Wildman–Crippen LogP) is 3.47. The lowest BCUT2D eigenvalue weighted by atomic mass is 10.1. The maximum atomic E-state index is 11.9. The third-order valence-corrected chi connectivity index (χ3v) is 4.06. The Balaban J connectivity index is 1.43. The molecule has 1 N–H and O–H groups in total. The molecule has 3 aromatic rings. The van der Waals surface area contributed by atoms with E-state index in [0.717, 1.165) is 23.0 Å². The van der Waals surface area contributed by atoms with E-state index in [1.54, 1.807) is 0 Å². The molecule has 0 fully saturated rings. The summed E-state index contributed by atoms with van der Waals surface area (Å²) in [4.78, 5) is 14.0. The van der Waals surface area contributed by atoms with Gasteiger partial charge in [0.1, 0.15) is 5.75 Å². The number of hydrogen-bond donors (Lipinski definition) is 1. The smallest absolute Gasteiger partial charge is 0.258 e. The van der Waals surface area contributed by atoms with Crippen LogP contribution in [0.25, 0.3) is 10.8 Å². The zero-order valence-corrected chi connectivity index (χ0v) is 14.3. The molecule has 4 nitrogen and oxygen atoms in total. The lowest BCUT2D eigenvalue weighted by Crippen LogP contribution is -2.35. The first kappa shape index (κ1) is 16.8. The lowest BCUT2D eigenvalue weighted by Gasteiger charge is -2.19.